The fraction of sp³-hybridized carbons (Fsp3) is 0.185. The van der Waals surface area contributed by atoms with Gasteiger partial charge in [-0.2, -0.15) is 0 Å². The third kappa shape index (κ3) is 2.71. The summed E-state index contributed by atoms with van der Waals surface area (Å²) in [6.07, 6.45) is 3.52. The lowest BCUT2D eigenvalue weighted by molar-refractivity contribution is 0.596. The Bertz CT molecular complexity index is 1630. The highest BCUT2D eigenvalue weighted by atomic mass is 32.1. The van der Waals surface area contributed by atoms with E-state index in [0.717, 1.165) is 48.1 Å². The second-order valence-electron chi connectivity index (χ2n) is 9.24. The smallest absolute Gasteiger partial charge is 0.152 e. The van der Waals surface area contributed by atoms with Crippen molar-refractivity contribution in [1.29, 1.82) is 0 Å². The molecule has 0 N–H and O–H groups in total. The third-order valence-electron chi connectivity index (χ3n) is 6.11. The molecular weight excluding hydrogens is 400 g/mol. The number of rotatable bonds is 1. The molecular formula is C27H22N2OS. The van der Waals surface area contributed by atoms with Crippen LogP contribution in [0.3, 0.4) is 0 Å². The molecule has 0 aliphatic carbocycles. The van der Waals surface area contributed by atoms with Crippen LogP contribution in [0, 0.1) is 6.92 Å². The predicted octanol–water partition coefficient (Wildman–Crippen LogP) is 8.02. The zero-order chi connectivity index (χ0) is 21.3. The van der Waals surface area contributed by atoms with E-state index in [-0.39, 0.29) is 5.41 Å². The molecule has 31 heavy (non-hydrogen) atoms. The predicted molar refractivity (Wildman–Crippen MR) is 131 cm³/mol. The van der Waals surface area contributed by atoms with Crippen molar-refractivity contribution >= 4 is 53.4 Å². The van der Waals surface area contributed by atoms with Crippen LogP contribution in [-0.2, 0) is 5.41 Å². The van der Waals surface area contributed by atoms with Crippen LogP contribution < -0.4 is 0 Å². The summed E-state index contributed by atoms with van der Waals surface area (Å²) in [4.78, 5) is 10.4. The Morgan fingerprint density at radius 1 is 0.903 bits per heavy atom. The van der Waals surface area contributed by atoms with E-state index < -0.39 is 0 Å². The number of hydrogen-bond donors (Lipinski definition) is 0. The molecule has 0 fully saturated rings. The number of furan rings is 1. The van der Waals surface area contributed by atoms with Crippen molar-refractivity contribution in [2.75, 3.05) is 0 Å². The molecule has 0 unspecified atom stereocenters. The quantitative estimate of drug-likeness (QED) is 0.269. The number of aromatic nitrogens is 2. The molecule has 3 heterocycles. The van der Waals surface area contributed by atoms with Gasteiger partial charge in [0.1, 0.15) is 11.2 Å². The van der Waals surface area contributed by atoms with E-state index in [0.29, 0.717) is 0 Å². The summed E-state index contributed by atoms with van der Waals surface area (Å²) in [5.41, 5.74) is 5.57. The number of nitrogens with zero attached hydrogens (tertiary/aromatic N) is 2. The summed E-state index contributed by atoms with van der Waals surface area (Å²) in [6.45, 7) is 8.89. The molecule has 0 radical (unpaired) electrons. The lowest BCUT2D eigenvalue weighted by Gasteiger charge is -2.22. The first-order valence-corrected chi connectivity index (χ1v) is 11.3. The van der Waals surface area contributed by atoms with Gasteiger partial charge in [-0.05, 0) is 46.4 Å². The molecule has 0 saturated heterocycles. The highest BCUT2D eigenvalue weighted by Gasteiger charge is 2.21. The largest absolute Gasteiger partial charge is 0.463 e. The molecule has 4 heteroatoms. The molecule has 3 aromatic heterocycles. The first kappa shape index (κ1) is 18.5. The van der Waals surface area contributed by atoms with Gasteiger partial charge in [-0.25, -0.2) is 9.97 Å². The molecule has 152 valence electrons. The van der Waals surface area contributed by atoms with E-state index >= 15 is 0 Å². The normalized spacial score (nSPS) is 12.5. The standard InChI is InChI=1S/C27H22N2OS/c1-15-13-30-24-18(15)9-10-20-22-23(28-14-29-26(22)31-25(20)24)17-11-16-7-5-6-8-19(16)21(12-17)27(2,3)4/h5-14H,1-4H3. The molecule has 0 bridgehead atoms. The van der Waals surface area contributed by atoms with Crippen molar-refractivity contribution in [2.45, 2.75) is 33.1 Å². The highest BCUT2D eigenvalue weighted by Crippen LogP contribution is 2.43. The molecule has 0 aliphatic rings. The van der Waals surface area contributed by atoms with E-state index in [4.69, 9.17) is 9.40 Å². The van der Waals surface area contributed by atoms with Crippen molar-refractivity contribution in [3.63, 3.8) is 0 Å². The van der Waals surface area contributed by atoms with Crippen molar-refractivity contribution in [1.82, 2.24) is 9.97 Å². The fourth-order valence-electron chi connectivity index (χ4n) is 4.57. The van der Waals surface area contributed by atoms with E-state index in [9.17, 15) is 0 Å². The topological polar surface area (TPSA) is 38.9 Å². The van der Waals surface area contributed by atoms with Crippen LogP contribution in [0.1, 0.15) is 31.9 Å². The Hall–Kier alpha value is -3.24. The van der Waals surface area contributed by atoms with E-state index in [2.05, 4.69) is 81.2 Å². The maximum Gasteiger partial charge on any atom is 0.152 e. The summed E-state index contributed by atoms with van der Waals surface area (Å²) in [5, 5.41) is 5.96. The third-order valence-corrected chi connectivity index (χ3v) is 7.23. The first-order chi connectivity index (χ1) is 14.9. The van der Waals surface area contributed by atoms with Gasteiger partial charge in [0.05, 0.1) is 16.7 Å². The fourth-order valence-corrected chi connectivity index (χ4v) is 5.70. The maximum atomic E-state index is 5.92. The molecule has 6 rings (SSSR count). The van der Waals surface area contributed by atoms with Gasteiger partial charge >= 0.3 is 0 Å². The van der Waals surface area contributed by atoms with Gasteiger partial charge in [0.2, 0.25) is 0 Å². The lowest BCUT2D eigenvalue weighted by atomic mass is 9.82. The summed E-state index contributed by atoms with van der Waals surface area (Å²) in [5.74, 6) is 0. The molecule has 0 atom stereocenters. The van der Waals surface area contributed by atoms with Crippen molar-refractivity contribution < 1.29 is 4.42 Å². The van der Waals surface area contributed by atoms with Gasteiger partial charge in [-0.15, -0.1) is 11.3 Å². The van der Waals surface area contributed by atoms with Crippen molar-refractivity contribution in [3.05, 3.63) is 72.2 Å². The summed E-state index contributed by atoms with van der Waals surface area (Å²) < 4.78 is 7.06. The van der Waals surface area contributed by atoms with Crippen molar-refractivity contribution in [2.24, 2.45) is 0 Å². The molecule has 0 aliphatic heterocycles. The molecule has 6 aromatic rings. The first-order valence-electron chi connectivity index (χ1n) is 10.5. The lowest BCUT2D eigenvalue weighted by Crippen LogP contribution is -2.12. The van der Waals surface area contributed by atoms with Crippen LogP contribution in [-0.4, -0.2) is 9.97 Å². The highest BCUT2D eigenvalue weighted by molar-refractivity contribution is 7.26. The second kappa shape index (κ2) is 6.38. The number of thiophene rings is 1. The summed E-state index contributed by atoms with van der Waals surface area (Å²) in [7, 11) is 0. The Kier molecular flexibility index (Phi) is 3.81. The Morgan fingerprint density at radius 2 is 1.71 bits per heavy atom. The molecule has 0 spiro atoms. The Balaban J connectivity index is 1.72. The number of benzene rings is 3. The minimum absolute atomic E-state index is 0.0241. The monoisotopic (exact) mass is 422 g/mol. The van der Waals surface area contributed by atoms with Crippen LogP contribution >= 0.6 is 11.3 Å². The number of aryl methyl sites for hydroxylation is 1. The molecule has 3 nitrogen and oxygen atoms in total. The number of hydrogen-bond acceptors (Lipinski definition) is 4. The average molecular weight is 423 g/mol. The van der Waals surface area contributed by atoms with Crippen LogP contribution in [0.25, 0.3) is 53.3 Å². The number of fused-ring (bicyclic) bond motifs is 6. The molecule has 0 amide bonds. The SMILES string of the molecule is Cc1coc2c1ccc1c2sc2ncnc(-c3cc(C(C)(C)C)c4ccccc4c3)c21. The van der Waals surface area contributed by atoms with Gasteiger partial charge in [0, 0.05) is 21.7 Å². The minimum atomic E-state index is 0.0241. The minimum Gasteiger partial charge on any atom is -0.463 e. The molecule has 3 aromatic carbocycles. The maximum absolute atomic E-state index is 5.92. The summed E-state index contributed by atoms with van der Waals surface area (Å²) >= 11 is 1.68. The van der Waals surface area contributed by atoms with Crippen molar-refractivity contribution in [3.8, 4) is 11.3 Å². The van der Waals surface area contributed by atoms with E-state index in [1.807, 2.05) is 6.26 Å². The van der Waals surface area contributed by atoms with E-state index in [1.165, 1.54) is 16.3 Å². The Labute approximate surface area is 184 Å². The zero-order valence-corrected chi connectivity index (χ0v) is 18.8. The van der Waals surface area contributed by atoms with Crippen LogP contribution in [0.2, 0.25) is 0 Å². The van der Waals surface area contributed by atoms with Gasteiger partial charge in [-0.3, -0.25) is 0 Å². The van der Waals surface area contributed by atoms with Gasteiger partial charge in [-0.1, -0.05) is 57.2 Å². The van der Waals surface area contributed by atoms with Gasteiger partial charge < -0.3 is 4.42 Å². The second-order valence-corrected chi connectivity index (χ2v) is 10.2. The van der Waals surface area contributed by atoms with Gasteiger partial charge in [0.15, 0.2) is 5.58 Å². The average Bonchev–Trinajstić information content (AvgIpc) is 3.32. The Morgan fingerprint density at radius 3 is 2.55 bits per heavy atom. The molecule has 0 saturated carbocycles. The zero-order valence-electron chi connectivity index (χ0n) is 18.0. The summed E-state index contributed by atoms with van der Waals surface area (Å²) in [6, 6.07) is 17.5. The van der Waals surface area contributed by atoms with Crippen LogP contribution in [0.4, 0.5) is 0 Å². The van der Waals surface area contributed by atoms with Crippen LogP contribution in [0.15, 0.2) is 65.5 Å². The van der Waals surface area contributed by atoms with Gasteiger partial charge in [0.25, 0.3) is 0 Å². The van der Waals surface area contributed by atoms with Crippen LogP contribution in [0.5, 0.6) is 0 Å². The van der Waals surface area contributed by atoms with E-state index in [1.54, 1.807) is 17.7 Å².